The van der Waals surface area contributed by atoms with Crippen molar-refractivity contribution in [3.63, 3.8) is 0 Å². The predicted molar refractivity (Wildman–Crippen MR) is 76.8 cm³/mol. The molecule has 3 N–H and O–H groups in total. The van der Waals surface area contributed by atoms with Gasteiger partial charge >= 0.3 is 12.0 Å². The number of carbonyl (C=O) groups excluding carboxylic acids is 1. The largest absolute Gasteiger partial charge is 0.480 e. The minimum Gasteiger partial charge on any atom is -0.480 e. The van der Waals surface area contributed by atoms with Gasteiger partial charge in [0.25, 0.3) is 0 Å². The fourth-order valence-electron chi connectivity index (χ4n) is 2.44. The molecule has 1 heterocycles. The molecule has 6 nitrogen and oxygen atoms in total. The molecule has 1 saturated heterocycles. The molecular formula is C15H20N2O4. The van der Waals surface area contributed by atoms with Gasteiger partial charge in [-0.1, -0.05) is 31.2 Å². The summed E-state index contributed by atoms with van der Waals surface area (Å²) in [4.78, 5) is 24.3. The van der Waals surface area contributed by atoms with E-state index in [4.69, 9.17) is 5.11 Å². The van der Waals surface area contributed by atoms with E-state index in [2.05, 4.69) is 12.2 Å². The molecule has 21 heavy (non-hydrogen) atoms. The highest BCUT2D eigenvalue weighted by atomic mass is 16.4. The minimum absolute atomic E-state index is 0.0531. The van der Waals surface area contributed by atoms with E-state index in [-0.39, 0.29) is 13.0 Å². The van der Waals surface area contributed by atoms with Gasteiger partial charge in [-0.2, -0.15) is 0 Å². The molecule has 0 aliphatic carbocycles. The van der Waals surface area contributed by atoms with Crippen molar-refractivity contribution in [1.82, 2.24) is 10.2 Å². The van der Waals surface area contributed by atoms with Gasteiger partial charge in [-0.15, -0.1) is 0 Å². The molecule has 2 rings (SSSR count). The molecule has 2 unspecified atom stereocenters. The summed E-state index contributed by atoms with van der Waals surface area (Å²) in [6, 6.07) is 6.46. The molecule has 0 bridgehead atoms. The number of hydrogen-bond donors (Lipinski definition) is 3. The zero-order chi connectivity index (χ0) is 15.4. The van der Waals surface area contributed by atoms with Crippen molar-refractivity contribution >= 4 is 12.0 Å². The van der Waals surface area contributed by atoms with Crippen molar-refractivity contribution in [2.24, 2.45) is 0 Å². The first-order valence-corrected chi connectivity index (χ1v) is 7.04. The number of aliphatic carboxylic acids is 1. The standard InChI is InChI=1S/C15H20N2O4/c1-2-10-3-5-11(6-4-10)8-16-15(21)17-9-12(18)7-13(17)14(19)20/h3-6,12-13,18H,2,7-9H2,1H3,(H,16,21)(H,19,20). The number of rotatable bonds is 4. The zero-order valence-electron chi connectivity index (χ0n) is 12.0. The van der Waals surface area contributed by atoms with E-state index in [0.717, 1.165) is 12.0 Å². The first kappa shape index (κ1) is 15.3. The van der Waals surface area contributed by atoms with Gasteiger partial charge < -0.3 is 20.4 Å². The van der Waals surface area contributed by atoms with Crippen LogP contribution in [0.3, 0.4) is 0 Å². The van der Waals surface area contributed by atoms with Crippen LogP contribution in [-0.2, 0) is 17.8 Å². The number of amides is 2. The number of nitrogens with one attached hydrogen (secondary N) is 1. The number of hydrogen-bond acceptors (Lipinski definition) is 3. The summed E-state index contributed by atoms with van der Waals surface area (Å²) in [5.74, 6) is -1.09. The molecular weight excluding hydrogens is 272 g/mol. The number of aliphatic hydroxyl groups is 1. The summed E-state index contributed by atoms with van der Waals surface area (Å²) in [5.41, 5.74) is 2.17. The van der Waals surface area contributed by atoms with E-state index in [1.165, 1.54) is 10.5 Å². The quantitative estimate of drug-likeness (QED) is 0.771. The minimum atomic E-state index is -1.09. The van der Waals surface area contributed by atoms with E-state index in [1.54, 1.807) is 0 Å². The lowest BCUT2D eigenvalue weighted by molar-refractivity contribution is -0.141. The molecule has 1 aliphatic heterocycles. The van der Waals surface area contributed by atoms with Crippen molar-refractivity contribution < 1.29 is 19.8 Å². The van der Waals surface area contributed by atoms with Crippen molar-refractivity contribution in [3.05, 3.63) is 35.4 Å². The fraction of sp³-hybridized carbons (Fsp3) is 0.467. The summed E-state index contributed by atoms with van der Waals surface area (Å²) in [6.45, 7) is 2.46. The van der Waals surface area contributed by atoms with Crippen molar-refractivity contribution in [2.45, 2.75) is 38.5 Å². The van der Waals surface area contributed by atoms with Gasteiger partial charge in [-0.25, -0.2) is 9.59 Å². The smallest absolute Gasteiger partial charge is 0.326 e. The van der Waals surface area contributed by atoms with Crippen LogP contribution >= 0.6 is 0 Å². The van der Waals surface area contributed by atoms with Crippen molar-refractivity contribution in [3.8, 4) is 0 Å². The van der Waals surface area contributed by atoms with E-state index in [0.29, 0.717) is 6.54 Å². The van der Waals surface area contributed by atoms with Gasteiger partial charge in [0.05, 0.1) is 6.10 Å². The lowest BCUT2D eigenvalue weighted by Crippen LogP contribution is -2.45. The van der Waals surface area contributed by atoms with E-state index >= 15 is 0 Å². The SMILES string of the molecule is CCc1ccc(CNC(=O)N2CC(O)CC2C(=O)O)cc1. The Hall–Kier alpha value is -2.08. The van der Waals surface area contributed by atoms with Crippen LogP contribution in [0.1, 0.15) is 24.5 Å². The third-order valence-corrected chi connectivity index (χ3v) is 3.70. The average molecular weight is 292 g/mol. The number of carboxylic acid groups (broad SMARTS) is 1. The van der Waals surface area contributed by atoms with Gasteiger partial charge in [-0.3, -0.25) is 0 Å². The van der Waals surface area contributed by atoms with Crippen LogP contribution in [0.4, 0.5) is 4.79 Å². The van der Waals surface area contributed by atoms with Crippen LogP contribution < -0.4 is 5.32 Å². The number of nitrogens with zero attached hydrogens (tertiary/aromatic N) is 1. The summed E-state index contributed by atoms with van der Waals surface area (Å²) in [6.07, 6.45) is 0.257. The van der Waals surface area contributed by atoms with Gasteiger partial charge in [0.2, 0.25) is 0 Å². The Balaban J connectivity index is 1.92. The maximum absolute atomic E-state index is 12.0. The molecule has 1 aromatic rings. The lowest BCUT2D eigenvalue weighted by Gasteiger charge is -2.21. The second-order valence-electron chi connectivity index (χ2n) is 5.22. The molecule has 1 aliphatic rings. The molecule has 0 aromatic heterocycles. The normalized spacial score (nSPS) is 21.3. The summed E-state index contributed by atoms with van der Waals surface area (Å²) >= 11 is 0. The molecule has 114 valence electrons. The Morgan fingerprint density at radius 1 is 1.29 bits per heavy atom. The number of likely N-dealkylation sites (tertiary alicyclic amines) is 1. The van der Waals surface area contributed by atoms with Crippen molar-refractivity contribution in [1.29, 1.82) is 0 Å². The number of aliphatic hydroxyl groups excluding tert-OH is 1. The Morgan fingerprint density at radius 2 is 1.90 bits per heavy atom. The summed E-state index contributed by atoms with van der Waals surface area (Å²) in [7, 11) is 0. The van der Waals surface area contributed by atoms with Crippen LogP contribution in [0, 0.1) is 0 Å². The molecule has 2 amide bonds. The highest BCUT2D eigenvalue weighted by Crippen LogP contribution is 2.18. The first-order valence-electron chi connectivity index (χ1n) is 7.04. The highest BCUT2D eigenvalue weighted by Gasteiger charge is 2.38. The van der Waals surface area contributed by atoms with Crippen LogP contribution in [0.2, 0.25) is 0 Å². The van der Waals surface area contributed by atoms with Gasteiger partial charge in [0.1, 0.15) is 6.04 Å². The predicted octanol–water partition coefficient (Wildman–Crippen LogP) is 0.978. The van der Waals surface area contributed by atoms with E-state index in [9.17, 15) is 14.7 Å². The average Bonchev–Trinajstić information content (AvgIpc) is 2.87. The van der Waals surface area contributed by atoms with E-state index < -0.39 is 24.1 Å². The van der Waals surface area contributed by atoms with Crippen LogP contribution in [0.25, 0.3) is 0 Å². The van der Waals surface area contributed by atoms with Crippen molar-refractivity contribution in [2.75, 3.05) is 6.54 Å². The number of carboxylic acids is 1. The Bertz CT molecular complexity index is 515. The Labute approximate surface area is 123 Å². The molecule has 0 radical (unpaired) electrons. The van der Waals surface area contributed by atoms with Gasteiger partial charge in [0, 0.05) is 19.5 Å². The van der Waals surface area contributed by atoms with Crippen LogP contribution in [0.15, 0.2) is 24.3 Å². The first-order chi connectivity index (χ1) is 10.0. The second-order valence-corrected chi connectivity index (χ2v) is 5.22. The lowest BCUT2D eigenvalue weighted by atomic mass is 10.1. The molecule has 6 heteroatoms. The molecule has 1 aromatic carbocycles. The number of aryl methyl sites for hydroxylation is 1. The van der Waals surface area contributed by atoms with Gasteiger partial charge in [-0.05, 0) is 17.5 Å². The third kappa shape index (κ3) is 3.72. The number of carbonyl (C=O) groups is 2. The molecule has 1 fully saturated rings. The Morgan fingerprint density at radius 3 is 2.48 bits per heavy atom. The topological polar surface area (TPSA) is 89.9 Å². The number of β-amino-alcohol motifs (C(OH)–C–C–N with tert-alkyl or cyclic N) is 1. The molecule has 0 saturated carbocycles. The van der Waals surface area contributed by atoms with Crippen LogP contribution in [-0.4, -0.2) is 45.8 Å². The second kappa shape index (κ2) is 6.58. The van der Waals surface area contributed by atoms with Gasteiger partial charge in [0.15, 0.2) is 0 Å². The third-order valence-electron chi connectivity index (χ3n) is 3.70. The Kier molecular flexibility index (Phi) is 4.80. The number of urea groups is 1. The van der Waals surface area contributed by atoms with Crippen LogP contribution in [0.5, 0.6) is 0 Å². The maximum Gasteiger partial charge on any atom is 0.326 e. The molecule has 2 atom stereocenters. The number of benzene rings is 1. The van der Waals surface area contributed by atoms with E-state index in [1.807, 2.05) is 24.3 Å². The molecule has 0 spiro atoms. The fourth-order valence-corrected chi connectivity index (χ4v) is 2.44. The maximum atomic E-state index is 12.0. The summed E-state index contributed by atoms with van der Waals surface area (Å²) in [5, 5.41) is 21.3. The zero-order valence-corrected chi connectivity index (χ0v) is 12.0. The highest BCUT2D eigenvalue weighted by molar-refractivity contribution is 5.83. The summed E-state index contributed by atoms with van der Waals surface area (Å²) < 4.78 is 0. The monoisotopic (exact) mass is 292 g/mol.